The molecule has 1 amide bonds. The molecule has 2 aromatic carbocycles. The van der Waals surface area contributed by atoms with Crippen molar-refractivity contribution in [1.82, 2.24) is 10.3 Å². The van der Waals surface area contributed by atoms with Gasteiger partial charge in [0.1, 0.15) is 5.82 Å². The van der Waals surface area contributed by atoms with E-state index in [1.54, 1.807) is 24.3 Å². The van der Waals surface area contributed by atoms with E-state index in [0.717, 1.165) is 16.5 Å². The molecule has 0 aliphatic rings. The molecule has 0 saturated heterocycles. The van der Waals surface area contributed by atoms with Gasteiger partial charge in [-0.3, -0.25) is 4.79 Å². The first-order chi connectivity index (χ1) is 10.7. The lowest BCUT2D eigenvalue weighted by Crippen LogP contribution is -2.22. The largest absolute Gasteiger partial charge is 0.392 e. The van der Waals surface area contributed by atoms with Gasteiger partial charge < -0.3 is 15.4 Å². The molecule has 0 radical (unpaired) electrons. The van der Waals surface area contributed by atoms with Gasteiger partial charge in [-0.25, -0.2) is 4.39 Å². The number of aromatic nitrogens is 1. The predicted molar refractivity (Wildman–Crippen MR) is 81.8 cm³/mol. The van der Waals surface area contributed by atoms with Crippen LogP contribution in [0.25, 0.3) is 10.9 Å². The van der Waals surface area contributed by atoms with E-state index in [1.165, 1.54) is 6.07 Å². The number of benzene rings is 2. The lowest BCUT2D eigenvalue weighted by atomic mass is 10.1. The number of carbonyl (C=O) groups excluding carboxylic acids is 1. The van der Waals surface area contributed by atoms with Crippen LogP contribution < -0.4 is 5.32 Å². The third-order valence-corrected chi connectivity index (χ3v) is 3.55. The first kappa shape index (κ1) is 14.3. The molecule has 22 heavy (non-hydrogen) atoms. The summed E-state index contributed by atoms with van der Waals surface area (Å²) >= 11 is 0. The molecule has 0 fully saturated rings. The van der Waals surface area contributed by atoms with E-state index in [0.29, 0.717) is 5.56 Å². The van der Waals surface area contributed by atoms with Crippen LogP contribution in [0.2, 0.25) is 0 Å². The molecule has 3 rings (SSSR count). The summed E-state index contributed by atoms with van der Waals surface area (Å²) in [5, 5.41) is 12.9. The van der Waals surface area contributed by atoms with Gasteiger partial charge in [0.25, 0.3) is 5.91 Å². The molecule has 3 N–H and O–H groups in total. The van der Waals surface area contributed by atoms with Crippen LogP contribution in [0.3, 0.4) is 0 Å². The third kappa shape index (κ3) is 2.84. The second kappa shape index (κ2) is 5.99. The van der Waals surface area contributed by atoms with E-state index in [4.69, 9.17) is 5.11 Å². The maximum absolute atomic E-state index is 13.3. The van der Waals surface area contributed by atoms with Gasteiger partial charge in [0, 0.05) is 29.4 Å². The smallest absolute Gasteiger partial charge is 0.251 e. The van der Waals surface area contributed by atoms with Gasteiger partial charge in [-0.2, -0.15) is 0 Å². The molecule has 0 spiro atoms. The average Bonchev–Trinajstić information content (AvgIpc) is 3.01. The lowest BCUT2D eigenvalue weighted by molar-refractivity contribution is 0.0951. The molecular weight excluding hydrogens is 283 g/mol. The lowest BCUT2D eigenvalue weighted by Gasteiger charge is -2.07. The number of fused-ring (bicyclic) bond motifs is 1. The van der Waals surface area contributed by atoms with Crippen LogP contribution in [-0.4, -0.2) is 16.0 Å². The molecular formula is C17H15FN2O2. The standard InChI is InChI=1S/C17H15FN2O2/c18-15-4-1-11(7-14(15)10-21)9-20-17(22)13-3-2-12-5-6-19-16(12)8-13/h1-8,19,21H,9-10H2,(H,20,22). The Bertz CT molecular complexity index is 826. The number of amides is 1. The summed E-state index contributed by atoms with van der Waals surface area (Å²) in [4.78, 5) is 15.2. The van der Waals surface area contributed by atoms with E-state index in [1.807, 2.05) is 18.3 Å². The van der Waals surface area contributed by atoms with Gasteiger partial charge in [-0.05, 0) is 41.3 Å². The van der Waals surface area contributed by atoms with Crippen LogP contribution in [-0.2, 0) is 13.2 Å². The van der Waals surface area contributed by atoms with Crippen molar-refractivity contribution in [2.75, 3.05) is 0 Å². The Kier molecular flexibility index (Phi) is 3.89. The maximum Gasteiger partial charge on any atom is 0.251 e. The minimum absolute atomic E-state index is 0.202. The monoisotopic (exact) mass is 298 g/mol. The van der Waals surface area contributed by atoms with Crippen molar-refractivity contribution in [3.05, 3.63) is 71.2 Å². The van der Waals surface area contributed by atoms with Crippen molar-refractivity contribution in [2.24, 2.45) is 0 Å². The number of hydrogen-bond acceptors (Lipinski definition) is 2. The summed E-state index contributed by atoms with van der Waals surface area (Å²) in [6.07, 6.45) is 1.82. The normalized spacial score (nSPS) is 10.8. The van der Waals surface area contributed by atoms with Gasteiger partial charge in [0.15, 0.2) is 0 Å². The van der Waals surface area contributed by atoms with Crippen molar-refractivity contribution >= 4 is 16.8 Å². The number of H-pyrrole nitrogens is 1. The molecule has 5 heteroatoms. The van der Waals surface area contributed by atoms with Crippen LogP contribution in [0.5, 0.6) is 0 Å². The number of aliphatic hydroxyl groups is 1. The van der Waals surface area contributed by atoms with Crippen LogP contribution in [0.1, 0.15) is 21.5 Å². The molecule has 1 heterocycles. The Balaban J connectivity index is 1.71. The SMILES string of the molecule is O=C(NCc1ccc(F)c(CO)c1)c1ccc2cc[nH]c2c1. The molecule has 1 aromatic heterocycles. The Labute approximate surface area is 126 Å². The molecule has 4 nitrogen and oxygen atoms in total. The highest BCUT2D eigenvalue weighted by atomic mass is 19.1. The maximum atomic E-state index is 13.3. The summed E-state index contributed by atoms with van der Waals surface area (Å²) in [5.74, 6) is -0.652. The fraction of sp³-hybridized carbons (Fsp3) is 0.118. The van der Waals surface area contributed by atoms with Gasteiger partial charge in [-0.1, -0.05) is 12.1 Å². The topological polar surface area (TPSA) is 65.1 Å². The number of aromatic amines is 1. The zero-order valence-corrected chi connectivity index (χ0v) is 11.8. The zero-order chi connectivity index (χ0) is 15.5. The van der Waals surface area contributed by atoms with Crippen molar-refractivity contribution < 1.29 is 14.3 Å². The molecule has 0 aliphatic carbocycles. The summed E-state index contributed by atoms with van der Waals surface area (Å²) in [5.41, 5.74) is 2.41. The number of halogens is 1. The van der Waals surface area contributed by atoms with Crippen LogP contribution in [0, 0.1) is 5.82 Å². The summed E-state index contributed by atoms with van der Waals surface area (Å²) in [6.45, 7) is -0.0913. The first-order valence-electron chi connectivity index (χ1n) is 6.91. The average molecular weight is 298 g/mol. The number of aliphatic hydroxyl groups excluding tert-OH is 1. The molecule has 0 unspecified atom stereocenters. The Hall–Kier alpha value is -2.66. The second-order valence-corrected chi connectivity index (χ2v) is 5.05. The fourth-order valence-electron chi connectivity index (χ4n) is 2.33. The minimum atomic E-state index is -0.449. The molecule has 3 aromatic rings. The minimum Gasteiger partial charge on any atom is -0.392 e. The van der Waals surface area contributed by atoms with Crippen molar-refractivity contribution in [1.29, 1.82) is 0 Å². The quantitative estimate of drug-likeness (QED) is 0.693. The van der Waals surface area contributed by atoms with Gasteiger partial charge in [-0.15, -0.1) is 0 Å². The van der Waals surface area contributed by atoms with Crippen LogP contribution in [0.4, 0.5) is 4.39 Å². The Morgan fingerprint density at radius 3 is 2.86 bits per heavy atom. The van der Waals surface area contributed by atoms with Gasteiger partial charge in [0.2, 0.25) is 0 Å². The molecule has 0 aliphatic heterocycles. The number of carbonyl (C=O) groups is 1. The van der Waals surface area contributed by atoms with Crippen molar-refractivity contribution in [3.8, 4) is 0 Å². The van der Waals surface area contributed by atoms with E-state index >= 15 is 0 Å². The van der Waals surface area contributed by atoms with E-state index in [2.05, 4.69) is 10.3 Å². The highest BCUT2D eigenvalue weighted by Gasteiger charge is 2.08. The zero-order valence-electron chi connectivity index (χ0n) is 11.8. The molecule has 0 bridgehead atoms. The number of nitrogens with one attached hydrogen (secondary N) is 2. The van der Waals surface area contributed by atoms with Crippen LogP contribution >= 0.6 is 0 Å². The van der Waals surface area contributed by atoms with E-state index < -0.39 is 5.82 Å². The predicted octanol–water partition coefficient (Wildman–Crippen LogP) is 2.73. The van der Waals surface area contributed by atoms with Gasteiger partial charge >= 0.3 is 0 Å². The van der Waals surface area contributed by atoms with Crippen molar-refractivity contribution in [3.63, 3.8) is 0 Å². The highest BCUT2D eigenvalue weighted by Crippen LogP contribution is 2.15. The number of rotatable bonds is 4. The fourth-order valence-corrected chi connectivity index (χ4v) is 2.33. The Morgan fingerprint density at radius 2 is 2.05 bits per heavy atom. The first-order valence-corrected chi connectivity index (χ1v) is 6.91. The third-order valence-electron chi connectivity index (χ3n) is 3.55. The van der Waals surface area contributed by atoms with E-state index in [-0.39, 0.29) is 24.6 Å². The second-order valence-electron chi connectivity index (χ2n) is 5.05. The van der Waals surface area contributed by atoms with Crippen LogP contribution in [0.15, 0.2) is 48.7 Å². The Morgan fingerprint density at radius 1 is 1.18 bits per heavy atom. The molecule has 112 valence electrons. The summed E-state index contributed by atoms with van der Waals surface area (Å²) in [7, 11) is 0. The van der Waals surface area contributed by atoms with Gasteiger partial charge in [0.05, 0.1) is 6.61 Å². The molecule has 0 saturated carbocycles. The number of hydrogen-bond donors (Lipinski definition) is 3. The van der Waals surface area contributed by atoms with E-state index in [9.17, 15) is 9.18 Å². The van der Waals surface area contributed by atoms with Crippen molar-refractivity contribution in [2.45, 2.75) is 13.2 Å². The summed E-state index contributed by atoms with van der Waals surface area (Å²) in [6, 6.07) is 11.8. The highest BCUT2D eigenvalue weighted by molar-refractivity contribution is 5.97. The summed E-state index contributed by atoms with van der Waals surface area (Å²) < 4.78 is 13.3. The molecule has 0 atom stereocenters.